The van der Waals surface area contributed by atoms with Gasteiger partial charge in [-0.15, -0.1) is 0 Å². The molecule has 0 spiro atoms. The van der Waals surface area contributed by atoms with E-state index in [4.69, 9.17) is 8.37 Å². The molecule has 0 aliphatic rings. The van der Waals surface area contributed by atoms with E-state index in [0.717, 1.165) is 57.8 Å². The summed E-state index contributed by atoms with van der Waals surface area (Å²) in [7, 11) is -4.12. The van der Waals surface area contributed by atoms with E-state index in [1.165, 1.54) is 109 Å². The molecule has 0 aromatic carbocycles. The predicted octanol–water partition coefficient (Wildman–Crippen LogP) is 9.02. The molecule has 0 rings (SSSR count). The van der Waals surface area contributed by atoms with Crippen LogP contribution in [0.1, 0.15) is 195 Å². The number of rotatable bonds is 35. The Hall–Kier alpha value is 0.730. The van der Waals surface area contributed by atoms with Gasteiger partial charge in [0.05, 0.1) is 19.9 Å². The van der Waals surface area contributed by atoms with E-state index in [1.54, 1.807) is 0 Å². The number of alkyl halides is 2. The summed E-state index contributed by atoms with van der Waals surface area (Å²) in [6.07, 6.45) is 32.5. The smallest absolute Gasteiger partial charge is 1.00 e. The standard InChI is InChI=1S/C34H68F2O4S.Na.H/c1-2-3-4-5-6-7-8-9-10-11-12-13-14-15-16-17-20-23-26-29-32-39-41(37,38)40-33-34(36)30-27-24-21-18-19-22-25-28-31-35;;/h34H,2-33H2,1H3;;/q;+1;-1. The Morgan fingerprint density at radius 1 is 0.524 bits per heavy atom. The number of hydrogen-bond donors (Lipinski definition) is 0. The zero-order chi connectivity index (χ0) is 30.1. The summed E-state index contributed by atoms with van der Waals surface area (Å²) < 4.78 is 59.2. The molecule has 0 heterocycles. The third-order valence-corrected chi connectivity index (χ3v) is 8.90. The van der Waals surface area contributed by atoms with Crippen molar-refractivity contribution < 1.29 is 56.5 Å². The number of hydrogen-bond acceptors (Lipinski definition) is 4. The van der Waals surface area contributed by atoms with Gasteiger partial charge in [0.2, 0.25) is 0 Å². The molecular weight excluding hydrogens is 565 g/mol. The van der Waals surface area contributed by atoms with Crippen molar-refractivity contribution in [1.82, 2.24) is 0 Å². The molecular formula is C34H69F2NaO4S. The number of halogens is 2. The second-order valence-corrected chi connectivity index (χ2v) is 13.4. The average Bonchev–Trinajstić information content (AvgIpc) is 2.96. The maximum Gasteiger partial charge on any atom is 1.00 e. The van der Waals surface area contributed by atoms with E-state index < -0.39 is 23.2 Å². The van der Waals surface area contributed by atoms with Gasteiger partial charge in [0.1, 0.15) is 6.17 Å². The normalized spacial score (nSPS) is 12.5. The first-order valence-electron chi connectivity index (χ1n) is 17.8. The van der Waals surface area contributed by atoms with Crippen LogP contribution in [0.2, 0.25) is 0 Å². The summed E-state index contributed by atoms with van der Waals surface area (Å²) in [5, 5.41) is 0. The van der Waals surface area contributed by atoms with Crippen molar-refractivity contribution >= 4 is 10.4 Å². The molecule has 0 N–H and O–H groups in total. The second-order valence-electron chi connectivity index (χ2n) is 12.1. The molecule has 42 heavy (non-hydrogen) atoms. The van der Waals surface area contributed by atoms with Crippen LogP contribution in [0.25, 0.3) is 0 Å². The maximum atomic E-state index is 14.0. The van der Waals surface area contributed by atoms with Crippen molar-refractivity contribution in [2.75, 3.05) is 19.9 Å². The van der Waals surface area contributed by atoms with E-state index in [9.17, 15) is 17.2 Å². The zero-order valence-electron chi connectivity index (χ0n) is 29.0. The van der Waals surface area contributed by atoms with Gasteiger partial charge in [0.25, 0.3) is 0 Å². The molecule has 0 amide bonds. The summed E-state index contributed by atoms with van der Waals surface area (Å²) in [4.78, 5) is 0. The van der Waals surface area contributed by atoms with Crippen LogP contribution in [0.5, 0.6) is 0 Å². The molecule has 8 heteroatoms. The molecule has 0 fully saturated rings. The molecule has 0 saturated heterocycles. The van der Waals surface area contributed by atoms with Crippen LogP contribution in [0, 0.1) is 0 Å². The minimum atomic E-state index is -4.12. The molecule has 0 aliphatic heterocycles. The fraction of sp³-hybridized carbons (Fsp3) is 1.00. The summed E-state index contributed by atoms with van der Waals surface area (Å²) >= 11 is 0. The molecule has 0 radical (unpaired) electrons. The predicted molar refractivity (Wildman–Crippen MR) is 172 cm³/mol. The minimum absolute atomic E-state index is 0. The van der Waals surface area contributed by atoms with Gasteiger partial charge in [-0.1, -0.05) is 174 Å². The van der Waals surface area contributed by atoms with Crippen LogP contribution in [0.3, 0.4) is 0 Å². The fourth-order valence-electron chi connectivity index (χ4n) is 5.31. The van der Waals surface area contributed by atoms with Crippen molar-refractivity contribution in [3.63, 3.8) is 0 Å². The minimum Gasteiger partial charge on any atom is -1.00 e. The van der Waals surface area contributed by atoms with Crippen molar-refractivity contribution in [3.8, 4) is 0 Å². The molecule has 0 aromatic heterocycles. The molecule has 0 bridgehead atoms. The Labute approximate surface area is 284 Å². The molecule has 0 saturated carbocycles. The summed E-state index contributed by atoms with van der Waals surface area (Å²) in [5.41, 5.74) is 0. The topological polar surface area (TPSA) is 52.6 Å². The van der Waals surface area contributed by atoms with E-state index in [1.807, 2.05) is 0 Å². The van der Waals surface area contributed by atoms with Crippen LogP contribution >= 0.6 is 0 Å². The molecule has 250 valence electrons. The molecule has 0 aromatic rings. The Morgan fingerprint density at radius 3 is 1.24 bits per heavy atom. The maximum absolute atomic E-state index is 14.0. The third-order valence-electron chi connectivity index (χ3n) is 8.02. The van der Waals surface area contributed by atoms with Gasteiger partial charge in [-0.2, -0.15) is 8.42 Å². The largest absolute Gasteiger partial charge is 1.00 e. The third kappa shape index (κ3) is 36.9. The SMILES string of the molecule is CCCCCCCCCCCCCCCCCCCCCCOS(=O)(=O)OCC(F)CCCCCCCCCCF.[H-].[Na+]. The van der Waals surface area contributed by atoms with Crippen LogP contribution < -0.4 is 29.6 Å². The quantitative estimate of drug-likeness (QED) is 0.0516. The first-order valence-corrected chi connectivity index (χ1v) is 19.1. The van der Waals surface area contributed by atoms with E-state index >= 15 is 0 Å². The van der Waals surface area contributed by atoms with Gasteiger partial charge >= 0.3 is 40.0 Å². The Kier molecular flexibility index (Phi) is 38.7. The van der Waals surface area contributed by atoms with Gasteiger partial charge in [0.15, 0.2) is 0 Å². The second kappa shape index (κ2) is 36.2. The Morgan fingerprint density at radius 2 is 0.857 bits per heavy atom. The van der Waals surface area contributed by atoms with Crippen LogP contribution in [0.15, 0.2) is 0 Å². The van der Waals surface area contributed by atoms with Gasteiger partial charge in [-0.25, -0.2) is 12.8 Å². The van der Waals surface area contributed by atoms with Gasteiger partial charge in [-0.05, 0) is 19.3 Å². The summed E-state index contributed by atoms with van der Waals surface area (Å²) in [6, 6.07) is 0. The van der Waals surface area contributed by atoms with Crippen LogP contribution in [-0.2, 0) is 18.8 Å². The Bertz CT molecular complexity index is 617. The van der Waals surface area contributed by atoms with Crippen LogP contribution in [0.4, 0.5) is 8.78 Å². The van der Waals surface area contributed by atoms with Gasteiger partial charge < -0.3 is 1.43 Å². The van der Waals surface area contributed by atoms with Crippen molar-refractivity contribution in [2.24, 2.45) is 0 Å². The first kappa shape index (κ1) is 44.9. The van der Waals surface area contributed by atoms with Crippen molar-refractivity contribution in [1.29, 1.82) is 0 Å². The molecule has 4 nitrogen and oxygen atoms in total. The first-order chi connectivity index (χ1) is 20.0. The van der Waals surface area contributed by atoms with Gasteiger partial charge in [-0.3, -0.25) is 4.39 Å². The van der Waals surface area contributed by atoms with E-state index in [0.29, 0.717) is 19.3 Å². The summed E-state index contributed by atoms with van der Waals surface area (Å²) in [6.45, 7) is 1.67. The Balaban J connectivity index is -0.00000800. The van der Waals surface area contributed by atoms with E-state index in [2.05, 4.69) is 6.92 Å². The van der Waals surface area contributed by atoms with Crippen molar-refractivity contribution in [2.45, 2.75) is 199 Å². The average molecular weight is 635 g/mol. The summed E-state index contributed by atoms with van der Waals surface area (Å²) in [5.74, 6) is 0. The monoisotopic (exact) mass is 634 g/mol. The van der Waals surface area contributed by atoms with Crippen molar-refractivity contribution in [3.05, 3.63) is 0 Å². The zero-order valence-corrected chi connectivity index (χ0v) is 30.8. The van der Waals surface area contributed by atoms with Crippen LogP contribution in [-0.4, -0.2) is 34.5 Å². The van der Waals surface area contributed by atoms with E-state index in [-0.39, 0.29) is 44.3 Å². The molecule has 0 aliphatic carbocycles. The number of unbranched alkanes of at least 4 members (excludes halogenated alkanes) is 26. The molecule has 1 atom stereocenters. The molecule has 1 unspecified atom stereocenters. The van der Waals surface area contributed by atoms with Gasteiger partial charge in [0, 0.05) is 0 Å². The fourth-order valence-corrected chi connectivity index (χ4v) is 6.02.